The van der Waals surface area contributed by atoms with Crippen LogP contribution in [0.4, 0.5) is 0 Å². The molecule has 1 aromatic rings. The molecule has 1 aliphatic heterocycles. The van der Waals surface area contributed by atoms with Crippen molar-refractivity contribution in [1.82, 2.24) is 10.2 Å². The first-order valence-electron chi connectivity index (χ1n) is 7.78. The van der Waals surface area contributed by atoms with E-state index in [9.17, 15) is 0 Å². The van der Waals surface area contributed by atoms with Crippen molar-refractivity contribution in [2.45, 2.75) is 45.6 Å². The molecule has 0 bridgehead atoms. The molecule has 2 rings (SSSR count). The SMILES string of the molecule is CCC(NCCCN1CCC(C)CC1)c1cccs1. The molecule has 1 fully saturated rings. The maximum Gasteiger partial charge on any atom is 0.0412 e. The van der Waals surface area contributed by atoms with Gasteiger partial charge < -0.3 is 10.2 Å². The van der Waals surface area contributed by atoms with E-state index in [1.165, 1.54) is 50.2 Å². The Hall–Kier alpha value is -0.380. The van der Waals surface area contributed by atoms with Crippen LogP contribution in [-0.4, -0.2) is 31.1 Å². The lowest BCUT2D eigenvalue weighted by Crippen LogP contribution is -2.35. The number of hydrogen-bond donors (Lipinski definition) is 1. The third-order valence-corrected chi connectivity index (χ3v) is 5.20. The second kappa shape index (κ2) is 8.03. The van der Waals surface area contributed by atoms with Crippen LogP contribution in [0.2, 0.25) is 0 Å². The highest BCUT2D eigenvalue weighted by molar-refractivity contribution is 7.10. The van der Waals surface area contributed by atoms with Crippen molar-refractivity contribution in [1.29, 1.82) is 0 Å². The second-order valence-electron chi connectivity index (χ2n) is 5.81. The minimum absolute atomic E-state index is 0.557. The van der Waals surface area contributed by atoms with E-state index in [4.69, 9.17) is 0 Å². The van der Waals surface area contributed by atoms with Crippen molar-refractivity contribution in [3.05, 3.63) is 22.4 Å². The summed E-state index contributed by atoms with van der Waals surface area (Å²) in [7, 11) is 0. The first kappa shape index (κ1) is 15.0. The fourth-order valence-electron chi connectivity index (χ4n) is 2.80. The highest BCUT2D eigenvalue weighted by atomic mass is 32.1. The highest BCUT2D eigenvalue weighted by Gasteiger charge is 2.15. The largest absolute Gasteiger partial charge is 0.309 e. The Morgan fingerprint density at radius 3 is 2.84 bits per heavy atom. The van der Waals surface area contributed by atoms with E-state index >= 15 is 0 Å². The van der Waals surface area contributed by atoms with Crippen LogP contribution in [0, 0.1) is 5.92 Å². The number of rotatable bonds is 7. The minimum atomic E-state index is 0.557. The zero-order valence-corrected chi connectivity index (χ0v) is 13.2. The smallest absolute Gasteiger partial charge is 0.0412 e. The average Bonchev–Trinajstić information content (AvgIpc) is 2.95. The zero-order chi connectivity index (χ0) is 13.5. The summed E-state index contributed by atoms with van der Waals surface area (Å²) in [6.45, 7) is 9.67. The lowest BCUT2D eigenvalue weighted by atomic mass is 9.99. The molecule has 0 spiro atoms. The summed E-state index contributed by atoms with van der Waals surface area (Å²) in [5.74, 6) is 0.942. The van der Waals surface area contributed by atoms with Gasteiger partial charge in [-0.05, 0) is 69.2 Å². The van der Waals surface area contributed by atoms with Crippen LogP contribution in [0.15, 0.2) is 17.5 Å². The van der Waals surface area contributed by atoms with Crippen molar-refractivity contribution in [2.24, 2.45) is 5.92 Å². The summed E-state index contributed by atoms with van der Waals surface area (Å²) < 4.78 is 0. The Morgan fingerprint density at radius 1 is 1.42 bits per heavy atom. The summed E-state index contributed by atoms with van der Waals surface area (Å²) in [4.78, 5) is 4.11. The molecule has 0 aliphatic carbocycles. The van der Waals surface area contributed by atoms with E-state index < -0.39 is 0 Å². The average molecular weight is 280 g/mol. The Labute approximate surface area is 122 Å². The van der Waals surface area contributed by atoms with Gasteiger partial charge in [-0.25, -0.2) is 0 Å². The summed E-state index contributed by atoms with van der Waals surface area (Å²) >= 11 is 1.87. The predicted molar refractivity (Wildman–Crippen MR) is 84.8 cm³/mol. The van der Waals surface area contributed by atoms with Gasteiger partial charge in [0.25, 0.3) is 0 Å². The molecule has 1 N–H and O–H groups in total. The van der Waals surface area contributed by atoms with Gasteiger partial charge in [0.05, 0.1) is 0 Å². The minimum Gasteiger partial charge on any atom is -0.309 e. The Bertz CT molecular complexity index is 329. The fraction of sp³-hybridized carbons (Fsp3) is 0.750. The number of nitrogens with one attached hydrogen (secondary N) is 1. The maximum absolute atomic E-state index is 3.70. The third kappa shape index (κ3) is 4.90. The van der Waals surface area contributed by atoms with Gasteiger partial charge in [-0.15, -0.1) is 11.3 Å². The molecule has 0 aromatic carbocycles. The molecule has 0 radical (unpaired) electrons. The van der Waals surface area contributed by atoms with Gasteiger partial charge in [0, 0.05) is 10.9 Å². The Kier molecular flexibility index (Phi) is 6.35. The summed E-state index contributed by atoms with van der Waals surface area (Å²) in [6, 6.07) is 4.96. The molecule has 3 heteroatoms. The quantitative estimate of drug-likeness (QED) is 0.762. The molecular weight excluding hydrogens is 252 g/mol. The van der Waals surface area contributed by atoms with Crippen LogP contribution < -0.4 is 5.32 Å². The second-order valence-corrected chi connectivity index (χ2v) is 6.79. The van der Waals surface area contributed by atoms with E-state index in [0.717, 1.165) is 12.5 Å². The molecule has 2 heterocycles. The highest BCUT2D eigenvalue weighted by Crippen LogP contribution is 2.21. The van der Waals surface area contributed by atoms with E-state index in [1.54, 1.807) is 0 Å². The lowest BCUT2D eigenvalue weighted by Gasteiger charge is -2.30. The topological polar surface area (TPSA) is 15.3 Å². The molecule has 1 unspecified atom stereocenters. The molecule has 1 atom stereocenters. The van der Waals surface area contributed by atoms with Crippen LogP contribution in [0.25, 0.3) is 0 Å². The lowest BCUT2D eigenvalue weighted by molar-refractivity contribution is 0.190. The van der Waals surface area contributed by atoms with Gasteiger partial charge >= 0.3 is 0 Å². The summed E-state index contributed by atoms with van der Waals surface area (Å²) in [5, 5.41) is 5.88. The Balaban J connectivity index is 1.61. The fourth-order valence-corrected chi connectivity index (χ4v) is 3.69. The molecule has 1 saturated heterocycles. The number of thiophene rings is 1. The van der Waals surface area contributed by atoms with Gasteiger partial charge in [0.2, 0.25) is 0 Å². The van der Waals surface area contributed by atoms with Crippen LogP contribution in [0.3, 0.4) is 0 Å². The molecule has 19 heavy (non-hydrogen) atoms. The zero-order valence-electron chi connectivity index (χ0n) is 12.4. The molecule has 1 aromatic heterocycles. The van der Waals surface area contributed by atoms with Gasteiger partial charge in [-0.1, -0.05) is 19.9 Å². The van der Waals surface area contributed by atoms with Gasteiger partial charge in [0.1, 0.15) is 0 Å². The van der Waals surface area contributed by atoms with E-state index in [1.807, 2.05) is 11.3 Å². The molecule has 0 saturated carbocycles. The van der Waals surface area contributed by atoms with E-state index in [2.05, 4.69) is 41.6 Å². The molecule has 1 aliphatic rings. The Morgan fingerprint density at radius 2 is 2.21 bits per heavy atom. The van der Waals surface area contributed by atoms with Gasteiger partial charge in [-0.3, -0.25) is 0 Å². The van der Waals surface area contributed by atoms with Crippen molar-refractivity contribution < 1.29 is 0 Å². The first-order valence-corrected chi connectivity index (χ1v) is 8.66. The van der Waals surface area contributed by atoms with Crippen LogP contribution in [0.5, 0.6) is 0 Å². The number of likely N-dealkylation sites (tertiary alicyclic amines) is 1. The predicted octanol–water partition coefficient (Wildman–Crippen LogP) is 3.91. The number of piperidine rings is 1. The first-order chi connectivity index (χ1) is 9.29. The maximum atomic E-state index is 3.70. The van der Waals surface area contributed by atoms with Crippen LogP contribution in [-0.2, 0) is 0 Å². The molecule has 2 nitrogen and oxygen atoms in total. The van der Waals surface area contributed by atoms with E-state index in [-0.39, 0.29) is 0 Å². The van der Waals surface area contributed by atoms with Gasteiger partial charge in [-0.2, -0.15) is 0 Å². The van der Waals surface area contributed by atoms with Crippen LogP contribution >= 0.6 is 11.3 Å². The van der Waals surface area contributed by atoms with Crippen LogP contribution in [0.1, 0.15) is 50.4 Å². The van der Waals surface area contributed by atoms with Gasteiger partial charge in [0.15, 0.2) is 0 Å². The number of nitrogens with zero attached hydrogens (tertiary/aromatic N) is 1. The van der Waals surface area contributed by atoms with Crippen molar-refractivity contribution in [3.63, 3.8) is 0 Å². The monoisotopic (exact) mass is 280 g/mol. The molecule has 108 valence electrons. The van der Waals surface area contributed by atoms with Crippen molar-refractivity contribution in [3.8, 4) is 0 Å². The summed E-state index contributed by atoms with van der Waals surface area (Å²) in [5.41, 5.74) is 0. The number of hydrogen-bond acceptors (Lipinski definition) is 3. The molecular formula is C16H28N2S. The molecule has 0 amide bonds. The summed E-state index contributed by atoms with van der Waals surface area (Å²) in [6.07, 6.45) is 5.23. The van der Waals surface area contributed by atoms with Crippen molar-refractivity contribution in [2.75, 3.05) is 26.2 Å². The normalized spacial score (nSPS) is 19.7. The third-order valence-electron chi connectivity index (χ3n) is 4.21. The standard InChI is InChI=1S/C16H28N2S/c1-3-15(16-6-4-13-19-16)17-9-5-10-18-11-7-14(2)8-12-18/h4,6,13-15,17H,3,5,7-12H2,1-2H3. The van der Waals surface area contributed by atoms with E-state index in [0.29, 0.717) is 6.04 Å². The van der Waals surface area contributed by atoms with Crippen molar-refractivity contribution >= 4 is 11.3 Å².